The van der Waals surface area contributed by atoms with E-state index in [4.69, 9.17) is 9.15 Å². The molecule has 0 radical (unpaired) electrons. The van der Waals surface area contributed by atoms with Gasteiger partial charge in [0.2, 0.25) is 0 Å². The summed E-state index contributed by atoms with van der Waals surface area (Å²) in [7, 11) is 0. The van der Waals surface area contributed by atoms with E-state index in [0.717, 1.165) is 17.5 Å². The standard InChI is InChI=1S/C24H28O3/c1-24(2)21(13-18-10-6-7-11-18)22(24)23(25)27-16-20-15-26-14-19(20)12-17-8-4-3-5-9-17/h3-5,8-9,13-15,21-22H,6-7,10-12,16H2,1-2H3. The zero-order chi connectivity index (χ0) is 18.9. The molecule has 3 nitrogen and oxygen atoms in total. The summed E-state index contributed by atoms with van der Waals surface area (Å²) < 4.78 is 11.1. The van der Waals surface area contributed by atoms with E-state index < -0.39 is 0 Å². The number of allylic oxidation sites excluding steroid dienone is 2. The number of furan rings is 1. The van der Waals surface area contributed by atoms with Crippen LogP contribution in [0.2, 0.25) is 0 Å². The maximum atomic E-state index is 12.7. The quantitative estimate of drug-likeness (QED) is 0.488. The van der Waals surface area contributed by atoms with Crippen LogP contribution in [0.15, 0.2) is 58.9 Å². The van der Waals surface area contributed by atoms with Crippen LogP contribution in [0.4, 0.5) is 0 Å². The molecule has 2 saturated carbocycles. The second-order valence-electron chi connectivity index (χ2n) is 8.55. The van der Waals surface area contributed by atoms with Crippen molar-refractivity contribution in [1.29, 1.82) is 0 Å². The molecule has 0 aliphatic heterocycles. The molecule has 1 aromatic heterocycles. The van der Waals surface area contributed by atoms with Crippen LogP contribution in [0.1, 0.15) is 56.2 Å². The van der Waals surface area contributed by atoms with E-state index in [1.54, 1.807) is 12.5 Å². The molecule has 2 aromatic rings. The van der Waals surface area contributed by atoms with Crippen LogP contribution in [0.3, 0.4) is 0 Å². The molecule has 2 atom stereocenters. The second-order valence-corrected chi connectivity index (χ2v) is 8.55. The topological polar surface area (TPSA) is 39.4 Å². The highest BCUT2D eigenvalue weighted by Gasteiger charge is 2.61. The molecular formula is C24H28O3. The van der Waals surface area contributed by atoms with Crippen molar-refractivity contribution in [3.05, 3.63) is 71.2 Å². The summed E-state index contributed by atoms with van der Waals surface area (Å²) in [6, 6.07) is 10.3. The third-order valence-electron chi connectivity index (χ3n) is 6.27. The van der Waals surface area contributed by atoms with Crippen molar-refractivity contribution < 1.29 is 13.9 Å². The highest BCUT2D eigenvalue weighted by molar-refractivity contribution is 5.78. The smallest absolute Gasteiger partial charge is 0.310 e. The molecule has 27 heavy (non-hydrogen) atoms. The Balaban J connectivity index is 1.36. The number of benzene rings is 1. The molecule has 1 heterocycles. The molecule has 0 N–H and O–H groups in total. The van der Waals surface area contributed by atoms with E-state index in [9.17, 15) is 4.79 Å². The Hall–Kier alpha value is -2.29. The van der Waals surface area contributed by atoms with Crippen molar-refractivity contribution in [3.63, 3.8) is 0 Å². The molecular weight excluding hydrogens is 336 g/mol. The van der Waals surface area contributed by atoms with Gasteiger partial charge in [0, 0.05) is 17.5 Å². The van der Waals surface area contributed by atoms with Gasteiger partial charge in [0.05, 0.1) is 18.4 Å². The van der Waals surface area contributed by atoms with Crippen molar-refractivity contribution in [2.24, 2.45) is 17.3 Å². The fourth-order valence-electron chi connectivity index (χ4n) is 4.37. The van der Waals surface area contributed by atoms with E-state index in [0.29, 0.717) is 5.92 Å². The van der Waals surface area contributed by atoms with Crippen LogP contribution in [0, 0.1) is 17.3 Å². The maximum Gasteiger partial charge on any atom is 0.310 e. The van der Waals surface area contributed by atoms with Crippen LogP contribution in [-0.2, 0) is 22.6 Å². The summed E-state index contributed by atoms with van der Waals surface area (Å²) >= 11 is 0. The first kappa shape index (κ1) is 18.1. The van der Waals surface area contributed by atoms with E-state index in [1.807, 2.05) is 18.2 Å². The SMILES string of the molecule is CC1(C)C(C=C2CCCC2)C1C(=O)OCc1cocc1Cc1ccccc1. The van der Waals surface area contributed by atoms with Crippen molar-refractivity contribution in [1.82, 2.24) is 0 Å². The van der Waals surface area contributed by atoms with Gasteiger partial charge in [0.15, 0.2) is 0 Å². The predicted octanol–water partition coefficient (Wildman–Crippen LogP) is 5.69. The fourth-order valence-corrected chi connectivity index (χ4v) is 4.37. The third kappa shape index (κ3) is 3.87. The largest absolute Gasteiger partial charge is 0.472 e. The van der Waals surface area contributed by atoms with Crippen molar-refractivity contribution in [3.8, 4) is 0 Å². The van der Waals surface area contributed by atoms with Gasteiger partial charge in [-0.05, 0) is 42.6 Å². The normalized spacial score (nSPS) is 23.3. The number of carbonyl (C=O) groups excluding carboxylic acids is 1. The van der Waals surface area contributed by atoms with Crippen LogP contribution >= 0.6 is 0 Å². The fraction of sp³-hybridized carbons (Fsp3) is 0.458. The molecule has 2 aliphatic rings. The Morgan fingerprint density at radius 1 is 1.15 bits per heavy atom. The Bertz CT molecular complexity index is 820. The van der Waals surface area contributed by atoms with E-state index in [2.05, 4.69) is 32.1 Å². The number of rotatable bonds is 6. The van der Waals surface area contributed by atoms with Crippen molar-refractivity contribution in [2.75, 3.05) is 0 Å². The monoisotopic (exact) mass is 364 g/mol. The summed E-state index contributed by atoms with van der Waals surface area (Å²) in [6.07, 6.45) is 11.6. The highest BCUT2D eigenvalue weighted by atomic mass is 16.5. The van der Waals surface area contributed by atoms with Gasteiger partial charge in [-0.3, -0.25) is 4.79 Å². The summed E-state index contributed by atoms with van der Waals surface area (Å²) in [5.41, 5.74) is 4.79. The average Bonchev–Trinajstić information content (AvgIpc) is 3.10. The van der Waals surface area contributed by atoms with Gasteiger partial charge < -0.3 is 9.15 Å². The van der Waals surface area contributed by atoms with Gasteiger partial charge in [0.25, 0.3) is 0 Å². The number of carbonyl (C=O) groups is 1. The highest BCUT2D eigenvalue weighted by Crippen LogP contribution is 2.60. The van der Waals surface area contributed by atoms with Crippen LogP contribution in [0.25, 0.3) is 0 Å². The molecule has 1 aromatic carbocycles. The van der Waals surface area contributed by atoms with Crippen molar-refractivity contribution >= 4 is 5.97 Å². The molecule has 3 heteroatoms. The first-order chi connectivity index (χ1) is 13.1. The molecule has 4 rings (SSSR count). The van der Waals surface area contributed by atoms with Crippen LogP contribution in [-0.4, -0.2) is 5.97 Å². The zero-order valence-electron chi connectivity index (χ0n) is 16.2. The predicted molar refractivity (Wildman–Crippen MR) is 105 cm³/mol. The summed E-state index contributed by atoms with van der Waals surface area (Å²) in [6.45, 7) is 4.63. The summed E-state index contributed by atoms with van der Waals surface area (Å²) in [4.78, 5) is 12.7. The van der Waals surface area contributed by atoms with Crippen molar-refractivity contribution in [2.45, 2.75) is 52.6 Å². The molecule has 142 valence electrons. The van der Waals surface area contributed by atoms with Gasteiger partial charge in [0.1, 0.15) is 6.61 Å². The number of hydrogen-bond acceptors (Lipinski definition) is 3. The van der Waals surface area contributed by atoms with Gasteiger partial charge >= 0.3 is 5.97 Å². The maximum absolute atomic E-state index is 12.7. The Morgan fingerprint density at radius 3 is 2.59 bits per heavy atom. The minimum Gasteiger partial charge on any atom is -0.472 e. The zero-order valence-corrected chi connectivity index (χ0v) is 16.2. The van der Waals surface area contributed by atoms with Crippen LogP contribution in [0.5, 0.6) is 0 Å². The van der Waals surface area contributed by atoms with E-state index in [-0.39, 0.29) is 23.9 Å². The minimum absolute atomic E-state index is 0.00986. The van der Waals surface area contributed by atoms with Crippen LogP contribution < -0.4 is 0 Å². The molecule has 0 spiro atoms. The number of ether oxygens (including phenoxy) is 1. The average molecular weight is 364 g/mol. The third-order valence-corrected chi connectivity index (χ3v) is 6.27. The Labute approximate surface area is 161 Å². The molecule has 2 unspecified atom stereocenters. The lowest BCUT2D eigenvalue weighted by atomic mass is 10.0. The molecule has 2 fully saturated rings. The van der Waals surface area contributed by atoms with Gasteiger partial charge in [-0.25, -0.2) is 0 Å². The number of hydrogen-bond donors (Lipinski definition) is 0. The first-order valence-corrected chi connectivity index (χ1v) is 10.00. The molecule has 2 aliphatic carbocycles. The summed E-state index contributed by atoms with van der Waals surface area (Å²) in [5, 5.41) is 0. The lowest BCUT2D eigenvalue weighted by Gasteiger charge is -2.06. The van der Waals surface area contributed by atoms with Gasteiger partial charge in [-0.1, -0.05) is 55.8 Å². The van der Waals surface area contributed by atoms with Gasteiger partial charge in [-0.2, -0.15) is 0 Å². The second kappa shape index (κ2) is 7.38. The minimum atomic E-state index is -0.0771. The Kier molecular flexibility index (Phi) is 4.94. The number of esters is 1. The van der Waals surface area contributed by atoms with E-state index >= 15 is 0 Å². The molecule has 0 amide bonds. The lowest BCUT2D eigenvalue weighted by molar-refractivity contribution is -0.147. The molecule has 0 saturated heterocycles. The Morgan fingerprint density at radius 2 is 1.85 bits per heavy atom. The lowest BCUT2D eigenvalue weighted by Crippen LogP contribution is -2.11. The first-order valence-electron chi connectivity index (χ1n) is 10.00. The summed E-state index contributed by atoms with van der Waals surface area (Å²) in [5.74, 6) is 0.230. The molecule has 0 bridgehead atoms. The van der Waals surface area contributed by atoms with Gasteiger partial charge in [-0.15, -0.1) is 0 Å². The van der Waals surface area contributed by atoms with E-state index in [1.165, 1.54) is 36.8 Å².